The molecule has 0 unspecified atom stereocenters. The second-order valence-corrected chi connectivity index (χ2v) is 4.45. The molecule has 1 N–H and O–H groups in total. The number of nitrogens with zero attached hydrogens (tertiary/aromatic N) is 1. The van der Waals surface area contributed by atoms with Gasteiger partial charge in [-0.15, -0.1) is 0 Å². The lowest BCUT2D eigenvalue weighted by Gasteiger charge is -2.06. The van der Waals surface area contributed by atoms with E-state index in [1.165, 1.54) is 6.26 Å². The molecule has 0 bridgehead atoms. The summed E-state index contributed by atoms with van der Waals surface area (Å²) in [5.74, 6) is -0.0726. The van der Waals surface area contributed by atoms with Gasteiger partial charge in [0.25, 0.3) is 0 Å². The van der Waals surface area contributed by atoms with Gasteiger partial charge in [0.1, 0.15) is 0 Å². The van der Waals surface area contributed by atoms with E-state index in [2.05, 4.69) is 17.5 Å². The van der Waals surface area contributed by atoms with Crippen LogP contribution in [0.5, 0.6) is 0 Å². The van der Waals surface area contributed by atoms with Crippen LogP contribution < -0.4 is 5.43 Å². The van der Waals surface area contributed by atoms with Crippen LogP contribution in [0.3, 0.4) is 0 Å². The molecule has 0 spiro atoms. The van der Waals surface area contributed by atoms with Crippen LogP contribution in [0.15, 0.2) is 58.2 Å². The van der Waals surface area contributed by atoms with Crippen molar-refractivity contribution in [1.82, 2.24) is 5.43 Å². The van der Waals surface area contributed by atoms with Gasteiger partial charge < -0.3 is 4.42 Å². The molecule has 0 saturated heterocycles. The highest BCUT2D eigenvalue weighted by atomic mass is 16.3. The van der Waals surface area contributed by atoms with Crippen LogP contribution in [0.2, 0.25) is 0 Å². The molecule has 2 rings (SSSR count). The Kier molecular flexibility index (Phi) is 5.12. The maximum Gasteiger partial charge on any atom is 0.307 e. The first kappa shape index (κ1) is 14.1. The van der Waals surface area contributed by atoms with Gasteiger partial charge >= 0.3 is 5.91 Å². The van der Waals surface area contributed by atoms with Crippen LogP contribution in [-0.2, 0) is 0 Å². The van der Waals surface area contributed by atoms with Crippen molar-refractivity contribution < 1.29 is 9.21 Å². The molecule has 0 atom stereocenters. The Bertz CT molecular complexity index is 559. The molecular formula is C16H18N2O2. The number of rotatable bonds is 6. The van der Waals surface area contributed by atoms with Gasteiger partial charge in [-0.2, -0.15) is 5.10 Å². The lowest BCUT2D eigenvalue weighted by molar-refractivity contribution is 0.0927. The van der Waals surface area contributed by atoms with Crippen LogP contribution in [-0.4, -0.2) is 11.6 Å². The SMILES string of the molecule is CCCC/C(=N\NC(=O)c1ccco1)c1ccccc1. The molecule has 1 amide bonds. The Hall–Kier alpha value is -2.36. The zero-order valence-electron chi connectivity index (χ0n) is 11.5. The third kappa shape index (κ3) is 3.82. The van der Waals surface area contributed by atoms with Crippen molar-refractivity contribution in [2.45, 2.75) is 26.2 Å². The smallest absolute Gasteiger partial charge is 0.307 e. The van der Waals surface area contributed by atoms with Crippen molar-refractivity contribution in [1.29, 1.82) is 0 Å². The first-order valence-corrected chi connectivity index (χ1v) is 6.77. The Balaban J connectivity index is 2.10. The van der Waals surface area contributed by atoms with Crippen molar-refractivity contribution in [3.8, 4) is 0 Å². The van der Waals surface area contributed by atoms with E-state index < -0.39 is 0 Å². The van der Waals surface area contributed by atoms with Crippen LogP contribution in [0.1, 0.15) is 42.3 Å². The zero-order valence-corrected chi connectivity index (χ0v) is 11.5. The fourth-order valence-corrected chi connectivity index (χ4v) is 1.82. The van der Waals surface area contributed by atoms with E-state index in [1.54, 1.807) is 12.1 Å². The second-order valence-electron chi connectivity index (χ2n) is 4.45. The van der Waals surface area contributed by atoms with Gasteiger partial charge in [-0.3, -0.25) is 4.79 Å². The summed E-state index contributed by atoms with van der Waals surface area (Å²) in [6.07, 6.45) is 4.41. The topological polar surface area (TPSA) is 54.6 Å². The molecule has 0 aliphatic rings. The Morgan fingerprint density at radius 2 is 2.00 bits per heavy atom. The number of unbranched alkanes of at least 4 members (excludes halogenated alkanes) is 1. The van der Waals surface area contributed by atoms with E-state index in [-0.39, 0.29) is 11.7 Å². The number of benzene rings is 1. The number of hydrogen-bond acceptors (Lipinski definition) is 3. The first-order chi connectivity index (χ1) is 9.81. The highest BCUT2D eigenvalue weighted by Gasteiger charge is 2.08. The van der Waals surface area contributed by atoms with Gasteiger partial charge in [0, 0.05) is 0 Å². The monoisotopic (exact) mass is 270 g/mol. The molecule has 0 radical (unpaired) electrons. The summed E-state index contributed by atoms with van der Waals surface area (Å²) in [5, 5.41) is 4.24. The van der Waals surface area contributed by atoms with Gasteiger partial charge in [-0.25, -0.2) is 5.43 Å². The maximum absolute atomic E-state index is 11.8. The third-order valence-corrected chi connectivity index (χ3v) is 2.91. The van der Waals surface area contributed by atoms with Crippen molar-refractivity contribution in [3.63, 3.8) is 0 Å². The summed E-state index contributed by atoms with van der Waals surface area (Å²) in [6, 6.07) is 13.2. The highest BCUT2D eigenvalue weighted by Crippen LogP contribution is 2.08. The molecule has 4 heteroatoms. The van der Waals surface area contributed by atoms with Gasteiger partial charge in [0.2, 0.25) is 0 Å². The number of hydrazone groups is 1. The van der Waals surface area contributed by atoms with Crippen molar-refractivity contribution in [2.24, 2.45) is 5.10 Å². The maximum atomic E-state index is 11.8. The average molecular weight is 270 g/mol. The van der Waals surface area contributed by atoms with Crippen LogP contribution in [0.4, 0.5) is 0 Å². The average Bonchev–Trinajstić information content (AvgIpc) is 3.02. The van der Waals surface area contributed by atoms with E-state index >= 15 is 0 Å². The van der Waals surface area contributed by atoms with Crippen LogP contribution in [0, 0.1) is 0 Å². The largest absolute Gasteiger partial charge is 0.459 e. The minimum absolute atomic E-state index is 0.261. The summed E-state index contributed by atoms with van der Waals surface area (Å²) < 4.78 is 5.03. The normalized spacial score (nSPS) is 11.3. The van der Waals surface area contributed by atoms with Crippen molar-refractivity contribution in [2.75, 3.05) is 0 Å². The van der Waals surface area contributed by atoms with Gasteiger partial charge in [-0.1, -0.05) is 43.7 Å². The Morgan fingerprint density at radius 3 is 2.65 bits per heavy atom. The summed E-state index contributed by atoms with van der Waals surface area (Å²) in [6.45, 7) is 2.13. The summed E-state index contributed by atoms with van der Waals surface area (Å²) in [7, 11) is 0. The molecule has 2 aromatic rings. The molecule has 0 fully saturated rings. The predicted octanol–water partition coefficient (Wildman–Crippen LogP) is 3.60. The van der Waals surface area contributed by atoms with E-state index in [1.807, 2.05) is 30.3 Å². The molecule has 0 aliphatic heterocycles. The van der Waals surface area contributed by atoms with E-state index in [9.17, 15) is 4.79 Å². The Labute approximate surface area is 118 Å². The van der Waals surface area contributed by atoms with Crippen molar-refractivity contribution >= 4 is 11.6 Å². The van der Waals surface area contributed by atoms with Gasteiger partial charge in [0.05, 0.1) is 12.0 Å². The number of carbonyl (C=O) groups excluding carboxylic acids is 1. The molecule has 104 valence electrons. The van der Waals surface area contributed by atoms with E-state index in [0.29, 0.717) is 0 Å². The third-order valence-electron chi connectivity index (χ3n) is 2.91. The van der Waals surface area contributed by atoms with Gasteiger partial charge in [-0.05, 0) is 30.5 Å². The van der Waals surface area contributed by atoms with E-state index in [0.717, 1.165) is 30.5 Å². The van der Waals surface area contributed by atoms with E-state index in [4.69, 9.17) is 4.42 Å². The minimum atomic E-state index is -0.333. The molecule has 4 nitrogen and oxygen atoms in total. The summed E-state index contributed by atoms with van der Waals surface area (Å²) >= 11 is 0. The van der Waals surface area contributed by atoms with Gasteiger partial charge in [0.15, 0.2) is 5.76 Å². The molecule has 1 heterocycles. The number of amides is 1. The molecule has 20 heavy (non-hydrogen) atoms. The Morgan fingerprint density at radius 1 is 1.20 bits per heavy atom. The quantitative estimate of drug-likeness (QED) is 0.644. The molecule has 0 aliphatic carbocycles. The summed E-state index contributed by atoms with van der Waals surface area (Å²) in [5.41, 5.74) is 4.46. The van der Waals surface area contributed by atoms with Crippen molar-refractivity contribution in [3.05, 3.63) is 60.1 Å². The van der Waals surface area contributed by atoms with Crippen LogP contribution >= 0.6 is 0 Å². The number of carbonyl (C=O) groups is 1. The standard InChI is InChI=1S/C16H18N2O2/c1-2-3-10-14(13-8-5-4-6-9-13)17-18-16(19)15-11-7-12-20-15/h4-9,11-12H,2-3,10H2,1H3,(H,18,19)/b17-14+. The molecular weight excluding hydrogens is 252 g/mol. The fraction of sp³-hybridized carbons (Fsp3) is 0.250. The fourth-order valence-electron chi connectivity index (χ4n) is 1.82. The molecule has 1 aromatic carbocycles. The molecule has 0 saturated carbocycles. The lowest BCUT2D eigenvalue weighted by atomic mass is 10.1. The summed E-state index contributed by atoms with van der Waals surface area (Å²) in [4.78, 5) is 11.8. The highest BCUT2D eigenvalue weighted by molar-refractivity contribution is 6.01. The molecule has 1 aromatic heterocycles. The predicted molar refractivity (Wildman–Crippen MR) is 78.7 cm³/mol. The number of hydrogen-bond donors (Lipinski definition) is 1. The first-order valence-electron chi connectivity index (χ1n) is 6.77. The second kappa shape index (κ2) is 7.28. The number of nitrogens with one attached hydrogen (secondary N) is 1. The number of furan rings is 1. The lowest BCUT2D eigenvalue weighted by Crippen LogP contribution is -2.19. The van der Waals surface area contributed by atoms with Crippen LogP contribution in [0.25, 0.3) is 0 Å². The zero-order chi connectivity index (χ0) is 14.2. The minimum Gasteiger partial charge on any atom is -0.459 e.